The van der Waals surface area contributed by atoms with Gasteiger partial charge in [-0.15, -0.1) is 0 Å². The van der Waals surface area contributed by atoms with Crippen molar-refractivity contribution in [3.05, 3.63) is 29.8 Å². The number of hydrogen-bond acceptors (Lipinski definition) is 3. The van der Waals surface area contributed by atoms with Gasteiger partial charge >= 0.3 is 0 Å². The Labute approximate surface area is 114 Å². The highest BCUT2D eigenvalue weighted by atomic mass is 32.2. The molecule has 100 valence electrons. The van der Waals surface area contributed by atoms with Crippen LogP contribution in [-0.2, 0) is 0 Å². The average molecular weight is 265 g/mol. The minimum absolute atomic E-state index is 0.355. The molecule has 0 bridgehead atoms. The minimum Gasteiger partial charge on any atom is -0.496 e. The third-order valence-corrected chi connectivity index (χ3v) is 4.86. The van der Waals surface area contributed by atoms with Crippen molar-refractivity contribution >= 4 is 11.8 Å². The van der Waals surface area contributed by atoms with Gasteiger partial charge in [-0.1, -0.05) is 18.2 Å². The number of ether oxygens (including phenoxy) is 1. The monoisotopic (exact) mass is 265 g/mol. The van der Waals surface area contributed by atoms with Crippen LogP contribution in [-0.4, -0.2) is 25.2 Å². The van der Waals surface area contributed by atoms with Gasteiger partial charge in [-0.25, -0.2) is 0 Å². The summed E-state index contributed by atoms with van der Waals surface area (Å²) in [6.45, 7) is 3.33. The molecule has 3 heteroatoms. The summed E-state index contributed by atoms with van der Waals surface area (Å²) in [5.74, 6) is 4.47. The highest BCUT2D eigenvalue weighted by molar-refractivity contribution is 7.99. The van der Waals surface area contributed by atoms with E-state index in [2.05, 4.69) is 36.1 Å². The highest BCUT2D eigenvalue weighted by Gasteiger charge is 2.16. The van der Waals surface area contributed by atoms with E-state index in [4.69, 9.17) is 4.74 Å². The number of para-hydroxylation sites is 1. The molecule has 1 aromatic carbocycles. The predicted octanol–water partition coefficient (Wildman–Crippen LogP) is 3.49. The molecule has 2 atom stereocenters. The van der Waals surface area contributed by atoms with Gasteiger partial charge in [-0.05, 0) is 49.8 Å². The summed E-state index contributed by atoms with van der Waals surface area (Å²) in [6, 6.07) is 8.63. The number of hydrogen-bond donors (Lipinski definition) is 1. The molecule has 0 aliphatic carbocycles. The normalized spacial score (nSPS) is 21.6. The number of nitrogens with one attached hydrogen (secondary N) is 1. The van der Waals surface area contributed by atoms with E-state index in [1.54, 1.807) is 7.11 Å². The second-order valence-electron chi connectivity index (χ2n) is 4.96. The largest absolute Gasteiger partial charge is 0.496 e. The van der Waals surface area contributed by atoms with Crippen molar-refractivity contribution in [3.8, 4) is 5.75 Å². The summed E-state index contributed by atoms with van der Waals surface area (Å²) in [4.78, 5) is 0. The summed E-state index contributed by atoms with van der Waals surface area (Å²) in [6.07, 6.45) is 2.75. The fourth-order valence-corrected chi connectivity index (χ4v) is 3.60. The SMILES string of the molecule is COc1ccccc1C(C)NCC1CCCSC1. The van der Waals surface area contributed by atoms with E-state index in [-0.39, 0.29) is 0 Å². The van der Waals surface area contributed by atoms with Gasteiger partial charge < -0.3 is 10.1 Å². The van der Waals surface area contributed by atoms with Crippen LogP contribution in [0.1, 0.15) is 31.4 Å². The van der Waals surface area contributed by atoms with Gasteiger partial charge in [0.2, 0.25) is 0 Å². The number of methoxy groups -OCH3 is 1. The van der Waals surface area contributed by atoms with Crippen LogP contribution in [0.5, 0.6) is 5.75 Å². The summed E-state index contributed by atoms with van der Waals surface area (Å²) >= 11 is 2.09. The van der Waals surface area contributed by atoms with Gasteiger partial charge in [-0.3, -0.25) is 0 Å². The Morgan fingerprint density at radius 2 is 2.28 bits per heavy atom. The summed E-state index contributed by atoms with van der Waals surface area (Å²) < 4.78 is 5.41. The maximum Gasteiger partial charge on any atom is 0.123 e. The third-order valence-electron chi connectivity index (χ3n) is 3.57. The lowest BCUT2D eigenvalue weighted by Crippen LogP contribution is -2.28. The maximum absolute atomic E-state index is 5.41. The van der Waals surface area contributed by atoms with Crippen LogP contribution >= 0.6 is 11.8 Å². The van der Waals surface area contributed by atoms with E-state index in [1.165, 1.54) is 29.9 Å². The first-order chi connectivity index (χ1) is 8.81. The van der Waals surface area contributed by atoms with Gasteiger partial charge in [0.05, 0.1) is 7.11 Å². The summed E-state index contributed by atoms with van der Waals surface area (Å²) in [7, 11) is 1.74. The maximum atomic E-state index is 5.41. The number of thioether (sulfide) groups is 1. The Balaban J connectivity index is 1.88. The van der Waals surface area contributed by atoms with Gasteiger partial charge in [0.25, 0.3) is 0 Å². The molecule has 1 aliphatic rings. The van der Waals surface area contributed by atoms with E-state index in [0.29, 0.717) is 6.04 Å². The van der Waals surface area contributed by atoms with Crippen LogP contribution in [0.25, 0.3) is 0 Å². The molecule has 0 amide bonds. The molecule has 0 aromatic heterocycles. The highest BCUT2D eigenvalue weighted by Crippen LogP contribution is 2.26. The van der Waals surface area contributed by atoms with Crippen molar-refractivity contribution in [3.63, 3.8) is 0 Å². The summed E-state index contributed by atoms with van der Waals surface area (Å²) in [5.41, 5.74) is 1.25. The quantitative estimate of drug-likeness (QED) is 0.880. The lowest BCUT2D eigenvalue weighted by atomic mass is 10.0. The van der Waals surface area contributed by atoms with Gasteiger partial charge in [0.15, 0.2) is 0 Å². The van der Waals surface area contributed by atoms with Gasteiger partial charge in [-0.2, -0.15) is 11.8 Å². The van der Waals surface area contributed by atoms with Gasteiger partial charge in [0.1, 0.15) is 5.75 Å². The Kier molecular flexibility index (Phi) is 5.39. The fourth-order valence-electron chi connectivity index (χ4n) is 2.45. The first-order valence-corrected chi connectivity index (χ1v) is 7.90. The molecule has 1 N–H and O–H groups in total. The van der Waals surface area contributed by atoms with E-state index >= 15 is 0 Å². The number of benzene rings is 1. The molecule has 1 fully saturated rings. The molecule has 2 nitrogen and oxygen atoms in total. The van der Waals surface area contributed by atoms with Crippen LogP contribution in [0.3, 0.4) is 0 Å². The van der Waals surface area contributed by atoms with Gasteiger partial charge in [0, 0.05) is 11.6 Å². The fraction of sp³-hybridized carbons (Fsp3) is 0.600. The minimum atomic E-state index is 0.355. The van der Waals surface area contributed by atoms with Crippen LogP contribution in [0.4, 0.5) is 0 Å². The first kappa shape index (κ1) is 13.8. The Bertz CT molecular complexity index is 363. The van der Waals surface area contributed by atoms with Crippen LogP contribution in [0, 0.1) is 5.92 Å². The lowest BCUT2D eigenvalue weighted by molar-refractivity contribution is 0.394. The average Bonchev–Trinajstić information content (AvgIpc) is 2.45. The lowest BCUT2D eigenvalue weighted by Gasteiger charge is -2.24. The van der Waals surface area contributed by atoms with Crippen molar-refractivity contribution in [1.82, 2.24) is 5.32 Å². The van der Waals surface area contributed by atoms with E-state index in [9.17, 15) is 0 Å². The molecule has 0 radical (unpaired) electrons. The van der Waals surface area contributed by atoms with Crippen LogP contribution in [0.15, 0.2) is 24.3 Å². The van der Waals surface area contributed by atoms with Crippen molar-refractivity contribution in [2.45, 2.75) is 25.8 Å². The molecule has 1 aromatic rings. The standard InChI is InChI=1S/C15H23NOS/c1-12(14-7-3-4-8-15(14)17-2)16-10-13-6-5-9-18-11-13/h3-4,7-8,12-13,16H,5-6,9-11H2,1-2H3. The van der Waals surface area contributed by atoms with E-state index < -0.39 is 0 Å². The number of rotatable bonds is 5. The van der Waals surface area contributed by atoms with Crippen LogP contribution in [0.2, 0.25) is 0 Å². The second kappa shape index (κ2) is 7.05. The van der Waals surface area contributed by atoms with E-state index in [1.807, 2.05) is 12.1 Å². The van der Waals surface area contributed by atoms with Crippen molar-refractivity contribution < 1.29 is 4.74 Å². The van der Waals surface area contributed by atoms with Crippen molar-refractivity contribution in [2.24, 2.45) is 5.92 Å². The molecule has 1 saturated heterocycles. The zero-order valence-corrected chi connectivity index (χ0v) is 12.1. The molecule has 2 rings (SSSR count). The Hall–Kier alpha value is -0.670. The molecule has 2 unspecified atom stereocenters. The molecule has 0 saturated carbocycles. The Morgan fingerprint density at radius 1 is 1.44 bits per heavy atom. The Morgan fingerprint density at radius 3 is 3.00 bits per heavy atom. The molecule has 1 aliphatic heterocycles. The smallest absolute Gasteiger partial charge is 0.123 e. The molecule has 0 spiro atoms. The van der Waals surface area contributed by atoms with Crippen molar-refractivity contribution in [2.75, 3.05) is 25.2 Å². The molecule has 1 heterocycles. The van der Waals surface area contributed by atoms with Crippen LogP contribution < -0.4 is 10.1 Å². The first-order valence-electron chi connectivity index (χ1n) is 6.75. The third kappa shape index (κ3) is 3.66. The van der Waals surface area contributed by atoms with E-state index in [0.717, 1.165) is 18.2 Å². The zero-order valence-electron chi connectivity index (χ0n) is 11.3. The zero-order chi connectivity index (χ0) is 12.8. The second-order valence-corrected chi connectivity index (χ2v) is 6.10. The molecular weight excluding hydrogens is 242 g/mol. The predicted molar refractivity (Wildman–Crippen MR) is 79.5 cm³/mol. The molecule has 18 heavy (non-hydrogen) atoms. The van der Waals surface area contributed by atoms with Crippen molar-refractivity contribution in [1.29, 1.82) is 0 Å². The molecular formula is C15H23NOS. The summed E-state index contributed by atoms with van der Waals surface area (Å²) in [5, 5.41) is 3.65. The topological polar surface area (TPSA) is 21.3 Å².